The minimum atomic E-state index is -1.04. The number of aromatic nitrogens is 2. The number of benzene rings is 2. The second kappa shape index (κ2) is 10.1. The normalized spacial score (nSPS) is 12.2. The number of nitrogens with zero attached hydrogens (tertiary/aromatic N) is 3. The van der Waals surface area contributed by atoms with Crippen LogP contribution in [0.5, 0.6) is 0 Å². The molecule has 0 aliphatic carbocycles. The van der Waals surface area contributed by atoms with Crippen LogP contribution in [-0.4, -0.2) is 32.7 Å². The van der Waals surface area contributed by atoms with Gasteiger partial charge in [-0.2, -0.15) is 4.98 Å². The number of halogens is 4. The van der Waals surface area contributed by atoms with E-state index >= 15 is 0 Å². The highest BCUT2D eigenvalue weighted by molar-refractivity contribution is 6.44. The van der Waals surface area contributed by atoms with Crippen LogP contribution in [0.3, 0.4) is 0 Å². The first-order valence-corrected chi connectivity index (χ1v) is 10.9. The number of nitrogens with one attached hydrogen (secondary N) is 2. The lowest BCUT2D eigenvalue weighted by molar-refractivity contribution is 0.0646. The van der Waals surface area contributed by atoms with Gasteiger partial charge in [-0.25, -0.2) is 19.1 Å². The molecule has 7 nitrogen and oxygen atoms in total. The second-order valence-corrected chi connectivity index (χ2v) is 8.97. The average molecular weight is 513 g/mol. The van der Waals surface area contributed by atoms with Crippen LogP contribution in [0, 0.1) is 5.82 Å². The molecule has 1 unspecified atom stereocenters. The summed E-state index contributed by atoms with van der Waals surface area (Å²) in [5.41, 5.74) is -0.477. The van der Waals surface area contributed by atoms with Crippen LogP contribution in [0.1, 0.15) is 20.8 Å². The summed E-state index contributed by atoms with van der Waals surface area (Å²) in [5, 5.41) is 16.5. The Morgan fingerprint density at radius 3 is 2.36 bits per heavy atom. The molecule has 3 aromatic rings. The Labute approximate surface area is 205 Å². The Morgan fingerprint density at radius 1 is 1.09 bits per heavy atom. The molecule has 11 heteroatoms. The van der Waals surface area contributed by atoms with E-state index in [9.17, 15) is 14.3 Å². The molecule has 1 heterocycles. The lowest BCUT2D eigenvalue weighted by atomic mass is 10.0. The summed E-state index contributed by atoms with van der Waals surface area (Å²) in [7, 11) is 0. The van der Waals surface area contributed by atoms with Gasteiger partial charge in [0.05, 0.1) is 38.1 Å². The monoisotopic (exact) mass is 511 g/mol. The molecule has 0 saturated heterocycles. The average Bonchev–Trinajstić information content (AvgIpc) is 2.73. The smallest absolute Gasteiger partial charge is 0.332 e. The zero-order valence-electron chi connectivity index (χ0n) is 17.9. The third-order valence-corrected chi connectivity index (χ3v) is 5.85. The lowest BCUT2D eigenvalue weighted by Gasteiger charge is -2.27. The Hall–Kier alpha value is -2.65. The number of rotatable bonds is 6. The van der Waals surface area contributed by atoms with E-state index in [1.807, 2.05) is 0 Å². The number of hydrogen-bond donors (Lipinski definition) is 3. The number of aliphatic hydroxyl groups is 1. The summed E-state index contributed by atoms with van der Waals surface area (Å²) in [4.78, 5) is 23.1. The fourth-order valence-electron chi connectivity index (χ4n) is 2.65. The highest BCUT2D eigenvalue weighted by Crippen LogP contribution is 2.33. The predicted molar refractivity (Wildman–Crippen MR) is 130 cm³/mol. The van der Waals surface area contributed by atoms with Crippen molar-refractivity contribution in [2.24, 2.45) is 0 Å². The summed E-state index contributed by atoms with van der Waals surface area (Å²) < 4.78 is 13.5. The summed E-state index contributed by atoms with van der Waals surface area (Å²) in [6.45, 7) is 5.06. The quantitative estimate of drug-likeness (QED) is 0.327. The van der Waals surface area contributed by atoms with E-state index < -0.39 is 23.5 Å². The van der Waals surface area contributed by atoms with Crippen LogP contribution in [-0.2, 0) is 0 Å². The molecule has 3 rings (SSSR count). The van der Waals surface area contributed by atoms with E-state index in [1.54, 1.807) is 20.8 Å². The van der Waals surface area contributed by atoms with Crippen LogP contribution in [0.15, 0.2) is 48.7 Å². The summed E-state index contributed by atoms with van der Waals surface area (Å²) in [6.07, 6.45) is 1.46. The molecule has 1 atom stereocenters. The maximum absolute atomic E-state index is 13.5. The number of anilines is 4. The highest BCUT2D eigenvalue weighted by atomic mass is 35.5. The molecule has 0 saturated carbocycles. The first-order chi connectivity index (χ1) is 15.5. The van der Waals surface area contributed by atoms with Gasteiger partial charge >= 0.3 is 6.03 Å². The molecule has 3 N–H and O–H groups in total. The molecule has 0 bridgehead atoms. The minimum Gasteiger partial charge on any atom is -0.388 e. The van der Waals surface area contributed by atoms with Crippen molar-refractivity contribution < 1.29 is 14.3 Å². The van der Waals surface area contributed by atoms with Gasteiger partial charge in [0.25, 0.3) is 0 Å². The molecule has 2 aromatic carbocycles. The van der Waals surface area contributed by atoms with Crippen molar-refractivity contribution in [3.05, 3.63) is 69.5 Å². The molecule has 0 fully saturated rings. The fourth-order valence-corrected chi connectivity index (χ4v) is 3.24. The first kappa shape index (κ1) is 25.0. The van der Waals surface area contributed by atoms with Crippen LogP contribution in [0.2, 0.25) is 15.1 Å². The second-order valence-electron chi connectivity index (χ2n) is 7.75. The van der Waals surface area contributed by atoms with Crippen molar-refractivity contribution >= 4 is 64.0 Å². The molecule has 0 aliphatic heterocycles. The van der Waals surface area contributed by atoms with E-state index in [-0.39, 0.29) is 32.5 Å². The van der Waals surface area contributed by atoms with Crippen molar-refractivity contribution in [1.29, 1.82) is 0 Å². The number of hydrogen-bond acceptors (Lipinski definition) is 5. The van der Waals surface area contributed by atoms with E-state index in [1.165, 1.54) is 53.6 Å². The third kappa shape index (κ3) is 6.23. The minimum absolute atomic E-state index is 0.181. The SMILES string of the molecule is CC(Nc1nccc(N(C(=O)Nc2cc(Cl)c(Cl)cc2Cl)c2ccc(F)cc2)n1)C(C)(C)O. The Balaban J connectivity index is 1.99. The zero-order chi connectivity index (χ0) is 24.3. The molecular formula is C22H21Cl3FN5O2. The Kier molecular flexibility index (Phi) is 7.64. The molecule has 174 valence electrons. The van der Waals surface area contributed by atoms with Gasteiger partial charge in [0.1, 0.15) is 11.6 Å². The highest BCUT2D eigenvalue weighted by Gasteiger charge is 2.25. The lowest BCUT2D eigenvalue weighted by Crippen LogP contribution is -2.40. The number of amides is 2. The molecule has 0 aliphatic rings. The van der Waals surface area contributed by atoms with E-state index in [2.05, 4.69) is 20.6 Å². The molecule has 0 radical (unpaired) electrons. The van der Waals surface area contributed by atoms with Crippen LogP contribution in [0.25, 0.3) is 0 Å². The maximum atomic E-state index is 13.5. The van der Waals surface area contributed by atoms with Gasteiger partial charge in [0, 0.05) is 12.3 Å². The molecule has 1 aromatic heterocycles. The molecule has 33 heavy (non-hydrogen) atoms. The van der Waals surface area contributed by atoms with Gasteiger partial charge in [0.15, 0.2) is 0 Å². The van der Waals surface area contributed by atoms with Crippen molar-refractivity contribution in [2.75, 3.05) is 15.5 Å². The molecule has 2 amide bonds. The standard InChI is InChI=1S/C22H21Cl3FN5O2/c1-12(22(2,3)33)28-20-27-9-8-19(30-20)31(14-6-4-13(26)5-7-14)21(32)29-18-11-16(24)15(23)10-17(18)25/h4-12,33H,1-3H3,(H,29,32)(H,27,28,30). The van der Waals surface area contributed by atoms with E-state index in [0.717, 1.165) is 0 Å². The van der Waals surface area contributed by atoms with Gasteiger partial charge in [-0.1, -0.05) is 34.8 Å². The molecular weight excluding hydrogens is 492 g/mol. The Bertz CT molecular complexity index is 1160. The number of carbonyl (C=O) groups is 1. The zero-order valence-corrected chi connectivity index (χ0v) is 20.2. The summed E-state index contributed by atoms with van der Waals surface area (Å²) in [5.74, 6) is -0.0824. The van der Waals surface area contributed by atoms with Crippen molar-refractivity contribution in [1.82, 2.24) is 9.97 Å². The van der Waals surface area contributed by atoms with Gasteiger partial charge in [0.2, 0.25) is 5.95 Å². The van der Waals surface area contributed by atoms with Gasteiger partial charge in [-0.15, -0.1) is 0 Å². The number of urea groups is 1. The van der Waals surface area contributed by atoms with E-state index in [4.69, 9.17) is 34.8 Å². The number of carbonyl (C=O) groups excluding carboxylic acids is 1. The largest absolute Gasteiger partial charge is 0.388 e. The van der Waals surface area contributed by atoms with Crippen molar-refractivity contribution in [2.45, 2.75) is 32.4 Å². The van der Waals surface area contributed by atoms with Gasteiger partial charge in [-0.3, -0.25) is 0 Å². The van der Waals surface area contributed by atoms with Gasteiger partial charge in [-0.05, 0) is 57.2 Å². The third-order valence-electron chi connectivity index (χ3n) is 4.81. The van der Waals surface area contributed by atoms with Crippen LogP contribution < -0.4 is 15.5 Å². The van der Waals surface area contributed by atoms with Crippen molar-refractivity contribution in [3.8, 4) is 0 Å². The maximum Gasteiger partial charge on any atom is 0.332 e. The van der Waals surface area contributed by atoms with Gasteiger partial charge < -0.3 is 15.7 Å². The Morgan fingerprint density at radius 2 is 1.73 bits per heavy atom. The summed E-state index contributed by atoms with van der Waals surface area (Å²) in [6, 6.07) is 8.62. The van der Waals surface area contributed by atoms with Crippen LogP contribution >= 0.6 is 34.8 Å². The predicted octanol–water partition coefficient (Wildman–Crippen LogP) is 6.52. The molecule has 0 spiro atoms. The fraction of sp³-hybridized carbons (Fsp3) is 0.227. The first-order valence-electron chi connectivity index (χ1n) is 9.79. The van der Waals surface area contributed by atoms with Crippen LogP contribution in [0.4, 0.5) is 32.3 Å². The topological polar surface area (TPSA) is 90.4 Å². The summed E-state index contributed by atoms with van der Waals surface area (Å²) >= 11 is 18.2. The van der Waals surface area contributed by atoms with E-state index in [0.29, 0.717) is 5.69 Å². The van der Waals surface area contributed by atoms with Crippen molar-refractivity contribution in [3.63, 3.8) is 0 Å².